The number of nitrogens with one attached hydrogen (secondary N) is 1. The Morgan fingerprint density at radius 3 is 3.07 bits per heavy atom. The van der Waals surface area contributed by atoms with Gasteiger partial charge in [-0.2, -0.15) is 0 Å². The smallest absolute Gasteiger partial charge is 0.337 e. The zero-order valence-electron chi connectivity index (χ0n) is 25.6. The highest BCUT2D eigenvalue weighted by atomic mass is 16.5. The van der Waals surface area contributed by atoms with Gasteiger partial charge in [-0.05, 0) is 36.8 Å². The Morgan fingerprint density at radius 2 is 2.30 bits per heavy atom. The van der Waals surface area contributed by atoms with Crippen LogP contribution in [0.5, 0.6) is 5.75 Å². The molecule has 1 aromatic rings. The highest BCUT2D eigenvalue weighted by molar-refractivity contribution is 6.16. The molecule has 0 bridgehead atoms. The molecule has 0 unspecified atom stereocenters. The van der Waals surface area contributed by atoms with Crippen LogP contribution in [0.15, 0.2) is 30.0 Å². The third-order valence-corrected chi connectivity index (χ3v) is 6.88. The molecule has 0 aliphatic carbocycles. The van der Waals surface area contributed by atoms with E-state index < -0.39 is 44.6 Å². The van der Waals surface area contributed by atoms with E-state index in [-0.39, 0.29) is 35.0 Å². The van der Waals surface area contributed by atoms with Gasteiger partial charge in [0.15, 0.2) is 5.78 Å². The monoisotopic (exact) mass is 423 g/mol. The van der Waals surface area contributed by atoms with Crippen LogP contribution in [-0.4, -0.2) is 62.4 Å². The molecule has 162 valence electrons. The average molecular weight is 424 g/mol. The van der Waals surface area contributed by atoms with Crippen molar-refractivity contribution in [2.75, 3.05) is 39.5 Å². The van der Waals surface area contributed by atoms with E-state index in [0.717, 1.165) is 6.26 Å². The second-order valence-corrected chi connectivity index (χ2v) is 8.06. The molecule has 7 heteroatoms. The van der Waals surface area contributed by atoms with Gasteiger partial charge in [0, 0.05) is 24.8 Å². The summed E-state index contributed by atoms with van der Waals surface area (Å²) in [5.74, 6) is -2.49. The Bertz CT molecular complexity index is 1160. The van der Waals surface area contributed by atoms with Crippen LogP contribution in [0, 0.1) is 11.8 Å². The van der Waals surface area contributed by atoms with Crippen molar-refractivity contribution in [3.63, 3.8) is 0 Å². The minimum Gasteiger partial charge on any atom is -0.504 e. The SMILES string of the molecule is [2H]C([2H])([2H])O/C=C(/C(=O)OC([2H])([2H])[2H])[C@H]1C[C@@H]2N(CC[C@]23Nc2cccc(OC([2H])([2H])[2H])c2C3=O)C[C@H]1CC. The topological polar surface area (TPSA) is 77.1 Å². The molecular formula is C23H30N2O5. The summed E-state index contributed by atoms with van der Waals surface area (Å²) >= 11 is 0. The summed E-state index contributed by atoms with van der Waals surface area (Å²) in [6.07, 6.45) is 1.91. The van der Waals surface area contributed by atoms with Crippen molar-refractivity contribution in [1.29, 1.82) is 0 Å². The van der Waals surface area contributed by atoms with Gasteiger partial charge in [-0.3, -0.25) is 9.69 Å². The Balaban J connectivity index is 1.70. The van der Waals surface area contributed by atoms with E-state index in [4.69, 9.17) is 21.8 Å². The normalized spacial score (nSPS) is 36.3. The molecular weight excluding hydrogens is 384 g/mol. The summed E-state index contributed by atoms with van der Waals surface area (Å²) in [4.78, 5) is 29.1. The number of benzene rings is 1. The number of piperidine rings is 1. The van der Waals surface area contributed by atoms with Gasteiger partial charge in [0.2, 0.25) is 0 Å². The number of hydrogen-bond donors (Lipinski definition) is 1. The second-order valence-electron chi connectivity index (χ2n) is 8.06. The predicted molar refractivity (Wildman–Crippen MR) is 113 cm³/mol. The summed E-state index contributed by atoms with van der Waals surface area (Å²) in [6.45, 7) is 2.89. The van der Waals surface area contributed by atoms with Crippen molar-refractivity contribution in [2.45, 2.75) is 37.8 Å². The third kappa shape index (κ3) is 2.98. The van der Waals surface area contributed by atoms with Gasteiger partial charge in [0.05, 0.1) is 50.8 Å². The first kappa shape index (κ1) is 12.3. The van der Waals surface area contributed by atoms with Crippen molar-refractivity contribution in [2.24, 2.45) is 11.8 Å². The number of carbonyl (C=O) groups is 2. The molecule has 0 radical (unpaired) electrons. The highest BCUT2D eigenvalue weighted by Gasteiger charge is 2.59. The number of esters is 1. The van der Waals surface area contributed by atoms with Crippen molar-refractivity contribution < 1.29 is 36.1 Å². The van der Waals surface area contributed by atoms with E-state index in [1.54, 1.807) is 12.1 Å². The van der Waals surface area contributed by atoms with Crippen LogP contribution in [0.2, 0.25) is 0 Å². The predicted octanol–water partition coefficient (Wildman–Crippen LogP) is 2.87. The lowest BCUT2D eigenvalue weighted by Crippen LogP contribution is -2.57. The molecule has 0 amide bonds. The molecule has 1 spiro atoms. The number of rotatable bonds is 5. The van der Waals surface area contributed by atoms with E-state index in [1.807, 2.05) is 6.92 Å². The number of Topliss-reactive ketones (excluding diaryl/α,β-unsaturated/α-hetero) is 1. The van der Waals surface area contributed by atoms with Crippen LogP contribution in [-0.2, 0) is 14.3 Å². The minimum atomic E-state index is -3.06. The minimum absolute atomic E-state index is 0.0629. The molecule has 3 aliphatic heterocycles. The number of fused-ring (bicyclic) bond motifs is 3. The largest absolute Gasteiger partial charge is 0.504 e. The number of ketones is 1. The molecule has 30 heavy (non-hydrogen) atoms. The third-order valence-electron chi connectivity index (χ3n) is 6.88. The fraction of sp³-hybridized carbons (Fsp3) is 0.565. The van der Waals surface area contributed by atoms with Crippen LogP contribution in [0.3, 0.4) is 0 Å². The number of hydrogen-bond acceptors (Lipinski definition) is 7. The maximum absolute atomic E-state index is 14.0. The van der Waals surface area contributed by atoms with Crippen LogP contribution in [0.1, 0.15) is 48.9 Å². The molecule has 0 saturated carbocycles. The molecule has 7 nitrogen and oxygen atoms in total. The number of ether oxygens (including phenoxy) is 3. The number of methoxy groups -OCH3 is 3. The Morgan fingerprint density at radius 1 is 1.40 bits per heavy atom. The van der Waals surface area contributed by atoms with Crippen molar-refractivity contribution in [1.82, 2.24) is 4.90 Å². The molecule has 2 fully saturated rings. The molecule has 0 aromatic heterocycles. The molecule has 1 N–H and O–H groups in total. The summed E-state index contributed by atoms with van der Waals surface area (Å²) in [5.41, 5.74) is -0.823. The highest BCUT2D eigenvalue weighted by Crippen LogP contribution is 2.50. The summed E-state index contributed by atoms with van der Waals surface area (Å²) in [7, 11) is -8.70. The fourth-order valence-corrected chi connectivity index (χ4v) is 5.47. The van der Waals surface area contributed by atoms with Gasteiger partial charge < -0.3 is 19.5 Å². The van der Waals surface area contributed by atoms with Crippen LogP contribution in [0.4, 0.5) is 5.69 Å². The van der Waals surface area contributed by atoms with E-state index in [1.165, 1.54) is 6.07 Å². The molecule has 3 heterocycles. The lowest BCUT2D eigenvalue weighted by Gasteiger charge is -2.45. The first-order chi connectivity index (χ1) is 17.9. The van der Waals surface area contributed by atoms with E-state index in [0.29, 0.717) is 31.6 Å². The zero-order valence-corrected chi connectivity index (χ0v) is 16.6. The van der Waals surface area contributed by atoms with Gasteiger partial charge in [0.1, 0.15) is 11.3 Å². The molecule has 2 saturated heterocycles. The van der Waals surface area contributed by atoms with E-state index in [2.05, 4.69) is 15.0 Å². The first-order valence-electron chi connectivity index (χ1n) is 14.4. The zero-order chi connectivity index (χ0) is 29.0. The molecule has 4 atom stereocenters. The second kappa shape index (κ2) is 7.95. The quantitative estimate of drug-likeness (QED) is 0.443. The van der Waals surface area contributed by atoms with Gasteiger partial charge in [-0.25, -0.2) is 4.79 Å². The van der Waals surface area contributed by atoms with Gasteiger partial charge in [0.25, 0.3) is 0 Å². The number of anilines is 1. The summed E-state index contributed by atoms with van der Waals surface area (Å²) in [5, 5.41) is 3.30. The van der Waals surface area contributed by atoms with Crippen molar-refractivity contribution in [3.05, 3.63) is 35.6 Å². The molecule has 4 rings (SSSR count). The van der Waals surface area contributed by atoms with Gasteiger partial charge in [-0.1, -0.05) is 19.4 Å². The lowest BCUT2D eigenvalue weighted by molar-refractivity contribution is -0.137. The number of nitrogens with zero attached hydrogens (tertiary/aromatic N) is 1. The fourth-order valence-electron chi connectivity index (χ4n) is 5.47. The lowest BCUT2D eigenvalue weighted by atomic mass is 9.72. The maximum atomic E-state index is 14.0. The van der Waals surface area contributed by atoms with Crippen LogP contribution < -0.4 is 10.1 Å². The van der Waals surface area contributed by atoms with Gasteiger partial charge in [-0.15, -0.1) is 0 Å². The van der Waals surface area contributed by atoms with Crippen LogP contribution in [0.25, 0.3) is 0 Å². The summed E-state index contributed by atoms with van der Waals surface area (Å²) < 4.78 is 81.2. The maximum Gasteiger partial charge on any atom is 0.337 e. The Kier molecular flexibility index (Phi) is 3.27. The molecule has 3 aliphatic rings. The van der Waals surface area contributed by atoms with Gasteiger partial charge >= 0.3 is 5.97 Å². The average Bonchev–Trinajstić information content (AvgIpc) is 3.28. The number of carbonyl (C=O) groups excluding carboxylic acids is 2. The van der Waals surface area contributed by atoms with Crippen LogP contribution >= 0.6 is 0 Å². The Hall–Kier alpha value is -2.54. The van der Waals surface area contributed by atoms with Crippen molar-refractivity contribution in [3.8, 4) is 5.75 Å². The molecule has 1 aromatic carbocycles. The van der Waals surface area contributed by atoms with E-state index in [9.17, 15) is 9.59 Å². The standard InChI is InChI=1S/C23H30N2O5/c1-5-14-12-25-10-9-23(19(25)11-15(14)16(13-28-2)22(27)30-4)21(26)20-17(24-23)7-6-8-18(20)29-3/h6-8,13-15,19,24H,5,9-12H2,1-4H3/b16-13+/t14-,15+,19+,23+/m1/s1/i2D3,3D3,4D3. The summed E-state index contributed by atoms with van der Waals surface area (Å²) in [6, 6.07) is 4.18. The Labute approximate surface area is 190 Å². The van der Waals surface area contributed by atoms with Crippen molar-refractivity contribution >= 4 is 17.4 Å². The van der Waals surface area contributed by atoms with E-state index >= 15 is 0 Å². The first-order valence-corrected chi connectivity index (χ1v) is 9.94.